The van der Waals surface area contributed by atoms with Crippen LogP contribution in [0.3, 0.4) is 0 Å². The molecule has 1 unspecified atom stereocenters. The third-order valence-electron chi connectivity index (χ3n) is 3.49. The molecule has 0 spiro atoms. The molecule has 2 rings (SSSR count). The number of aromatic nitrogens is 2. The van der Waals surface area contributed by atoms with E-state index < -0.39 is 0 Å². The number of benzene rings is 1. The van der Waals surface area contributed by atoms with E-state index in [-0.39, 0.29) is 6.04 Å². The van der Waals surface area contributed by atoms with E-state index >= 15 is 0 Å². The van der Waals surface area contributed by atoms with Gasteiger partial charge in [-0.1, -0.05) is 19.1 Å². The van der Waals surface area contributed by atoms with Gasteiger partial charge in [0.25, 0.3) is 0 Å². The van der Waals surface area contributed by atoms with Crippen molar-refractivity contribution in [2.24, 2.45) is 5.84 Å². The molecule has 0 saturated carbocycles. The first kappa shape index (κ1) is 15.5. The number of nitrogens with two attached hydrogens (primary N) is 1. The summed E-state index contributed by atoms with van der Waals surface area (Å²) in [4.78, 5) is 0. The highest BCUT2D eigenvalue weighted by atomic mass is 16.5. The van der Waals surface area contributed by atoms with Crippen molar-refractivity contribution < 1.29 is 4.74 Å². The molecule has 5 nitrogen and oxygen atoms in total. The van der Waals surface area contributed by atoms with E-state index in [9.17, 15) is 0 Å². The van der Waals surface area contributed by atoms with Gasteiger partial charge in [0.05, 0.1) is 24.0 Å². The van der Waals surface area contributed by atoms with Crippen molar-refractivity contribution >= 4 is 0 Å². The van der Waals surface area contributed by atoms with E-state index in [1.165, 1.54) is 0 Å². The first-order chi connectivity index (χ1) is 10.2. The van der Waals surface area contributed by atoms with Crippen molar-refractivity contribution in [3.63, 3.8) is 0 Å². The Morgan fingerprint density at radius 2 is 2.10 bits per heavy atom. The minimum Gasteiger partial charge on any atom is -0.494 e. The zero-order valence-electron chi connectivity index (χ0n) is 13.0. The van der Waals surface area contributed by atoms with E-state index in [1.54, 1.807) is 0 Å². The van der Waals surface area contributed by atoms with Gasteiger partial charge in [-0.05, 0) is 44.0 Å². The molecule has 21 heavy (non-hydrogen) atoms. The van der Waals surface area contributed by atoms with Crippen LogP contribution in [0.4, 0.5) is 0 Å². The van der Waals surface area contributed by atoms with Crippen molar-refractivity contribution in [2.45, 2.75) is 39.8 Å². The van der Waals surface area contributed by atoms with Crippen LogP contribution < -0.4 is 16.0 Å². The van der Waals surface area contributed by atoms with Crippen LogP contribution in [0.15, 0.2) is 30.3 Å². The molecule has 0 aliphatic rings. The molecule has 1 atom stereocenters. The second-order valence-electron chi connectivity index (χ2n) is 4.84. The molecule has 0 bridgehead atoms. The Balaban J connectivity index is 2.39. The minimum absolute atomic E-state index is 0.0989. The Labute approximate surface area is 126 Å². The van der Waals surface area contributed by atoms with E-state index in [2.05, 4.69) is 30.4 Å². The van der Waals surface area contributed by atoms with Crippen molar-refractivity contribution in [1.82, 2.24) is 15.2 Å². The third kappa shape index (κ3) is 3.43. The minimum atomic E-state index is -0.0989. The molecule has 3 N–H and O–H groups in total. The van der Waals surface area contributed by atoms with Gasteiger partial charge in [-0.25, -0.2) is 5.43 Å². The monoisotopic (exact) mass is 288 g/mol. The van der Waals surface area contributed by atoms with Gasteiger partial charge < -0.3 is 4.74 Å². The lowest BCUT2D eigenvalue weighted by Gasteiger charge is -2.18. The van der Waals surface area contributed by atoms with Gasteiger partial charge >= 0.3 is 0 Å². The van der Waals surface area contributed by atoms with Crippen LogP contribution in [0, 0.1) is 0 Å². The highest BCUT2D eigenvalue weighted by Gasteiger charge is 2.18. The summed E-state index contributed by atoms with van der Waals surface area (Å²) in [5, 5.41) is 4.59. The third-order valence-corrected chi connectivity index (χ3v) is 3.49. The molecule has 0 radical (unpaired) electrons. The highest BCUT2D eigenvalue weighted by Crippen LogP contribution is 2.25. The van der Waals surface area contributed by atoms with Gasteiger partial charge in [-0.15, -0.1) is 0 Å². The standard InChI is InChI=1S/C16H24N4O/c1-4-13-11-15(20(5-2)19-13)16(18-17)12-8-7-9-14(10-12)21-6-3/h7-11,16,18H,4-6,17H2,1-3H3. The number of aryl methyl sites for hydroxylation is 2. The largest absolute Gasteiger partial charge is 0.494 e. The Morgan fingerprint density at radius 3 is 2.71 bits per heavy atom. The number of hydrazine groups is 1. The molecule has 1 heterocycles. The fourth-order valence-corrected chi connectivity index (χ4v) is 2.45. The second kappa shape index (κ2) is 7.24. The van der Waals surface area contributed by atoms with Crippen LogP contribution in [0.5, 0.6) is 5.75 Å². The first-order valence-corrected chi connectivity index (χ1v) is 7.48. The van der Waals surface area contributed by atoms with Crippen LogP contribution >= 0.6 is 0 Å². The molecule has 0 amide bonds. The highest BCUT2D eigenvalue weighted by molar-refractivity contribution is 5.35. The second-order valence-corrected chi connectivity index (χ2v) is 4.84. The van der Waals surface area contributed by atoms with Crippen LogP contribution in [-0.4, -0.2) is 16.4 Å². The lowest BCUT2D eigenvalue weighted by Crippen LogP contribution is -2.30. The van der Waals surface area contributed by atoms with E-state index in [1.807, 2.05) is 35.9 Å². The molecule has 0 saturated heterocycles. The Kier molecular flexibility index (Phi) is 5.36. The first-order valence-electron chi connectivity index (χ1n) is 7.48. The maximum absolute atomic E-state index is 5.80. The van der Waals surface area contributed by atoms with Gasteiger partial charge in [-0.2, -0.15) is 5.10 Å². The smallest absolute Gasteiger partial charge is 0.119 e. The fraction of sp³-hybridized carbons (Fsp3) is 0.438. The van der Waals surface area contributed by atoms with Crippen LogP contribution in [0.25, 0.3) is 0 Å². The summed E-state index contributed by atoms with van der Waals surface area (Å²) in [6.07, 6.45) is 0.913. The zero-order chi connectivity index (χ0) is 15.2. The summed E-state index contributed by atoms with van der Waals surface area (Å²) in [7, 11) is 0. The Hall–Kier alpha value is -1.85. The van der Waals surface area contributed by atoms with Gasteiger partial charge in [0.15, 0.2) is 0 Å². The number of hydrogen-bond acceptors (Lipinski definition) is 4. The summed E-state index contributed by atoms with van der Waals surface area (Å²) in [6.45, 7) is 7.63. The molecule has 0 aliphatic carbocycles. The number of nitrogens with one attached hydrogen (secondary N) is 1. The quantitative estimate of drug-likeness (QED) is 0.606. The average Bonchev–Trinajstić information content (AvgIpc) is 2.92. The predicted octanol–water partition coefficient (Wildman–Crippen LogP) is 2.42. The summed E-state index contributed by atoms with van der Waals surface area (Å²) in [6, 6.07) is 10.0. The van der Waals surface area contributed by atoms with Gasteiger partial charge in [0.2, 0.25) is 0 Å². The molecule has 0 aliphatic heterocycles. The molecule has 114 valence electrons. The lowest BCUT2D eigenvalue weighted by atomic mass is 10.0. The van der Waals surface area contributed by atoms with Crippen molar-refractivity contribution in [1.29, 1.82) is 0 Å². The lowest BCUT2D eigenvalue weighted by molar-refractivity contribution is 0.339. The van der Waals surface area contributed by atoms with Crippen LogP contribution in [-0.2, 0) is 13.0 Å². The molecule has 5 heteroatoms. The SMILES string of the molecule is CCOc1cccc(C(NN)c2cc(CC)nn2CC)c1. The summed E-state index contributed by atoms with van der Waals surface area (Å²) in [5.74, 6) is 6.66. The molecular weight excluding hydrogens is 264 g/mol. The maximum Gasteiger partial charge on any atom is 0.119 e. The Bertz CT molecular complexity index is 579. The van der Waals surface area contributed by atoms with Crippen molar-refractivity contribution in [2.75, 3.05) is 6.61 Å². The number of hydrogen-bond donors (Lipinski definition) is 2. The van der Waals surface area contributed by atoms with E-state index in [0.29, 0.717) is 6.61 Å². The predicted molar refractivity (Wildman–Crippen MR) is 84.1 cm³/mol. The van der Waals surface area contributed by atoms with Crippen molar-refractivity contribution in [3.8, 4) is 5.75 Å². The molecule has 1 aromatic carbocycles. The fourth-order valence-electron chi connectivity index (χ4n) is 2.45. The summed E-state index contributed by atoms with van der Waals surface area (Å²) in [5.41, 5.74) is 6.12. The van der Waals surface area contributed by atoms with Gasteiger partial charge in [-0.3, -0.25) is 10.5 Å². The van der Waals surface area contributed by atoms with Gasteiger partial charge in [0.1, 0.15) is 5.75 Å². The molecule has 2 aromatic rings. The summed E-state index contributed by atoms with van der Waals surface area (Å²) < 4.78 is 7.57. The van der Waals surface area contributed by atoms with Gasteiger partial charge in [0, 0.05) is 6.54 Å². The van der Waals surface area contributed by atoms with Crippen LogP contribution in [0.2, 0.25) is 0 Å². The summed E-state index contributed by atoms with van der Waals surface area (Å²) >= 11 is 0. The van der Waals surface area contributed by atoms with Crippen molar-refractivity contribution in [3.05, 3.63) is 47.3 Å². The number of nitrogens with zero attached hydrogens (tertiary/aromatic N) is 2. The average molecular weight is 288 g/mol. The molecular formula is C16H24N4O. The molecule has 1 aromatic heterocycles. The number of ether oxygens (including phenoxy) is 1. The maximum atomic E-state index is 5.80. The molecule has 0 fully saturated rings. The normalized spacial score (nSPS) is 12.4. The van der Waals surface area contributed by atoms with Crippen LogP contribution in [0.1, 0.15) is 43.8 Å². The zero-order valence-corrected chi connectivity index (χ0v) is 13.0. The van der Waals surface area contributed by atoms with E-state index in [0.717, 1.165) is 35.7 Å². The van der Waals surface area contributed by atoms with E-state index in [4.69, 9.17) is 10.6 Å². The topological polar surface area (TPSA) is 65.1 Å². The Morgan fingerprint density at radius 1 is 1.29 bits per heavy atom. The number of rotatable bonds is 7.